The Morgan fingerprint density at radius 3 is 2.35 bits per heavy atom. The third-order valence-corrected chi connectivity index (χ3v) is 2.90. The Hall–Kier alpha value is -1.91. The van der Waals surface area contributed by atoms with Gasteiger partial charge in [-0.05, 0) is 12.1 Å². The molecule has 0 atom stereocenters. The molecular weight excluding hydrogens is 220 g/mol. The summed E-state index contributed by atoms with van der Waals surface area (Å²) < 4.78 is 10.4. The van der Waals surface area contributed by atoms with Gasteiger partial charge in [0, 0.05) is 31.9 Å². The summed E-state index contributed by atoms with van der Waals surface area (Å²) in [6, 6.07) is 5.49. The molecule has 0 bridgehead atoms. The lowest BCUT2D eigenvalue weighted by Crippen LogP contribution is -2.29. The zero-order valence-electron chi connectivity index (χ0n) is 10.3. The van der Waals surface area contributed by atoms with E-state index in [1.807, 2.05) is 12.1 Å². The van der Waals surface area contributed by atoms with Gasteiger partial charge in [-0.1, -0.05) is 0 Å². The van der Waals surface area contributed by atoms with Crippen molar-refractivity contribution >= 4 is 11.7 Å². The lowest BCUT2D eigenvalue weighted by molar-refractivity contribution is 0.229. The van der Waals surface area contributed by atoms with Gasteiger partial charge in [0.25, 0.3) is 0 Å². The van der Waals surface area contributed by atoms with Gasteiger partial charge in [-0.2, -0.15) is 0 Å². The third-order valence-electron chi connectivity index (χ3n) is 2.90. The molecule has 17 heavy (non-hydrogen) atoms. The summed E-state index contributed by atoms with van der Waals surface area (Å²) in [6.07, 6.45) is 0. The number of nitrogens with zero attached hydrogens (tertiary/aromatic N) is 2. The molecule has 1 aromatic rings. The van der Waals surface area contributed by atoms with E-state index < -0.39 is 0 Å². The van der Waals surface area contributed by atoms with Crippen molar-refractivity contribution < 1.29 is 14.3 Å². The molecule has 1 saturated heterocycles. The van der Waals surface area contributed by atoms with Gasteiger partial charge in [0.2, 0.25) is 0 Å². The van der Waals surface area contributed by atoms with E-state index in [0.29, 0.717) is 18.0 Å². The van der Waals surface area contributed by atoms with Crippen molar-refractivity contribution in [3.63, 3.8) is 0 Å². The van der Waals surface area contributed by atoms with Gasteiger partial charge in [-0.15, -0.1) is 0 Å². The van der Waals surface area contributed by atoms with Crippen LogP contribution in [0.3, 0.4) is 0 Å². The predicted octanol–water partition coefficient (Wildman–Crippen LogP) is 1.58. The van der Waals surface area contributed by atoms with Crippen LogP contribution in [0.15, 0.2) is 18.2 Å². The van der Waals surface area contributed by atoms with E-state index >= 15 is 0 Å². The topological polar surface area (TPSA) is 42.0 Å². The lowest BCUT2D eigenvalue weighted by atomic mass is 10.2. The highest BCUT2D eigenvalue weighted by molar-refractivity contribution is 5.94. The van der Waals surface area contributed by atoms with Crippen molar-refractivity contribution in [2.75, 3.05) is 39.3 Å². The van der Waals surface area contributed by atoms with Crippen LogP contribution in [0.5, 0.6) is 11.5 Å². The number of carbonyl (C=O) groups is 1. The number of likely N-dealkylation sites (N-methyl/N-ethyl adjacent to an activating group) is 1. The van der Waals surface area contributed by atoms with Crippen molar-refractivity contribution in [2.45, 2.75) is 0 Å². The molecule has 0 saturated carbocycles. The first-order chi connectivity index (χ1) is 8.17. The number of ether oxygens (including phenoxy) is 2. The standard InChI is InChI=1S/C12H16N2O3/c1-13-6-7-14(12(13)15)9-4-5-10(16-2)11(8-9)17-3/h4-5,8H,6-7H2,1-3H3. The minimum absolute atomic E-state index is 0.0113. The number of rotatable bonds is 3. The first kappa shape index (κ1) is 11.6. The third kappa shape index (κ3) is 2.00. The maximum absolute atomic E-state index is 11.8. The second-order valence-electron chi connectivity index (χ2n) is 3.90. The second-order valence-corrected chi connectivity index (χ2v) is 3.90. The number of benzene rings is 1. The van der Waals surface area contributed by atoms with E-state index in [2.05, 4.69) is 0 Å². The molecule has 2 rings (SSSR count). The maximum atomic E-state index is 11.8. The summed E-state index contributed by atoms with van der Waals surface area (Å²) in [5, 5.41) is 0. The summed E-state index contributed by atoms with van der Waals surface area (Å²) in [5.41, 5.74) is 0.831. The largest absolute Gasteiger partial charge is 0.493 e. The Morgan fingerprint density at radius 1 is 1.12 bits per heavy atom. The van der Waals surface area contributed by atoms with Gasteiger partial charge in [0.1, 0.15) is 0 Å². The van der Waals surface area contributed by atoms with Crippen LogP contribution in [0, 0.1) is 0 Å². The van der Waals surface area contributed by atoms with Gasteiger partial charge in [-0.25, -0.2) is 4.79 Å². The Balaban J connectivity index is 2.31. The van der Waals surface area contributed by atoms with Crippen LogP contribution in [-0.4, -0.2) is 45.3 Å². The van der Waals surface area contributed by atoms with E-state index in [9.17, 15) is 4.79 Å². The fourth-order valence-corrected chi connectivity index (χ4v) is 1.88. The number of amides is 2. The van der Waals surface area contributed by atoms with Gasteiger partial charge < -0.3 is 14.4 Å². The molecule has 1 aliphatic rings. The van der Waals surface area contributed by atoms with Crippen LogP contribution < -0.4 is 14.4 Å². The fourth-order valence-electron chi connectivity index (χ4n) is 1.88. The molecule has 0 spiro atoms. The molecule has 92 valence electrons. The molecule has 0 unspecified atom stereocenters. The lowest BCUT2D eigenvalue weighted by Gasteiger charge is -2.17. The fraction of sp³-hybridized carbons (Fsp3) is 0.417. The summed E-state index contributed by atoms with van der Waals surface area (Å²) in [5.74, 6) is 1.30. The highest BCUT2D eigenvalue weighted by Gasteiger charge is 2.27. The van der Waals surface area contributed by atoms with E-state index in [0.717, 1.165) is 12.2 Å². The molecule has 5 heteroatoms. The van der Waals surface area contributed by atoms with Gasteiger partial charge >= 0.3 is 6.03 Å². The van der Waals surface area contributed by atoms with Crippen LogP contribution in [0.25, 0.3) is 0 Å². The van der Waals surface area contributed by atoms with Crippen LogP contribution in [0.4, 0.5) is 10.5 Å². The Bertz CT molecular complexity index is 434. The first-order valence-corrected chi connectivity index (χ1v) is 5.42. The van der Waals surface area contributed by atoms with Gasteiger partial charge in [0.05, 0.1) is 14.2 Å². The molecule has 1 fully saturated rings. The van der Waals surface area contributed by atoms with Crippen molar-refractivity contribution in [1.29, 1.82) is 0 Å². The van der Waals surface area contributed by atoms with Crippen LogP contribution in [0.1, 0.15) is 0 Å². The highest BCUT2D eigenvalue weighted by atomic mass is 16.5. The molecule has 0 radical (unpaired) electrons. The molecule has 1 heterocycles. The molecule has 1 aromatic carbocycles. The monoisotopic (exact) mass is 236 g/mol. The minimum atomic E-state index is 0.0113. The summed E-state index contributed by atoms with van der Waals surface area (Å²) in [4.78, 5) is 15.3. The molecule has 1 aliphatic heterocycles. The molecule has 0 aliphatic carbocycles. The molecule has 0 aromatic heterocycles. The zero-order valence-corrected chi connectivity index (χ0v) is 10.3. The van der Waals surface area contributed by atoms with E-state index in [1.54, 1.807) is 37.1 Å². The SMILES string of the molecule is COc1ccc(N2CCN(C)C2=O)cc1OC. The minimum Gasteiger partial charge on any atom is -0.493 e. The second kappa shape index (κ2) is 4.53. The Labute approximate surface area is 101 Å². The summed E-state index contributed by atoms with van der Waals surface area (Å²) in [7, 11) is 4.97. The summed E-state index contributed by atoms with van der Waals surface area (Å²) >= 11 is 0. The van der Waals surface area contributed by atoms with Gasteiger partial charge in [0.15, 0.2) is 11.5 Å². The van der Waals surface area contributed by atoms with E-state index in [-0.39, 0.29) is 6.03 Å². The van der Waals surface area contributed by atoms with Gasteiger partial charge in [-0.3, -0.25) is 4.90 Å². The normalized spacial score (nSPS) is 15.4. The Morgan fingerprint density at radius 2 is 1.82 bits per heavy atom. The Kier molecular flexibility index (Phi) is 3.08. The number of hydrogen-bond acceptors (Lipinski definition) is 3. The maximum Gasteiger partial charge on any atom is 0.324 e. The van der Waals surface area contributed by atoms with Crippen molar-refractivity contribution in [3.05, 3.63) is 18.2 Å². The molecular formula is C12H16N2O3. The quantitative estimate of drug-likeness (QED) is 0.800. The molecule has 2 amide bonds. The van der Waals surface area contributed by atoms with Crippen molar-refractivity contribution in [1.82, 2.24) is 4.90 Å². The van der Waals surface area contributed by atoms with Crippen molar-refractivity contribution in [3.8, 4) is 11.5 Å². The number of hydrogen-bond donors (Lipinski definition) is 0. The van der Waals surface area contributed by atoms with Crippen molar-refractivity contribution in [2.24, 2.45) is 0 Å². The number of urea groups is 1. The number of methoxy groups -OCH3 is 2. The zero-order chi connectivity index (χ0) is 12.4. The predicted molar refractivity (Wildman–Crippen MR) is 64.9 cm³/mol. The number of anilines is 1. The van der Waals surface area contributed by atoms with E-state index in [4.69, 9.17) is 9.47 Å². The average molecular weight is 236 g/mol. The average Bonchev–Trinajstić information content (AvgIpc) is 2.69. The first-order valence-electron chi connectivity index (χ1n) is 5.42. The summed E-state index contributed by atoms with van der Waals surface area (Å²) in [6.45, 7) is 1.44. The van der Waals surface area contributed by atoms with E-state index in [1.165, 1.54) is 0 Å². The van der Waals surface area contributed by atoms with Crippen LogP contribution >= 0.6 is 0 Å². The van der Waals surface area contributed by atoms with Crippen LogP contribution in [-0.2, 0) is 0 Å². The highest BCUT2D eigenvalue weighted by Crippen LogP contribution is 2.32. The molecule has 0 N–H and O–H groups in total. The van der Waals surface area contributed by atoms with Crippen LogP contribution in [0.2, 0.25) is 0 Å². The smallest absolute Gasteiger partial charge is 0.324 e. The molecule has 5 nitrogen and oxygen atoms in total. The number of carbonyl (C=O) groups excluding carboxylic acids is 1.